The van der Waals surface area contributed by atoms with Crippen molar-refractivity contribution in [2.24, 2.45) is 11.7 Å². The van der Waals surface area contributed by atoms with Gasteiger partial charge in [-0.2, -0.15) is 0 Å². The highest BCUT2D eigenvalue weighted by Gasteiger charge is 2.39. The van der Waals surface area contributed by atoms with Crippen LogP contribution in [-0.4, -0.2) is 76.9 Å². The van der Waals surface area contributed by atoms with E-state index in [2.05, 4.69) is 16.0 Å². The van der Waals surface area contributed by atoms with Gasteiger partial charge in [-0.05, 0) is 44.6 Å². The molecule has 0 aromatic rings. The summed E-state index contributed by atoms with van der Waals surface area (Å²) < 4.78 is 0. The molecule has 0 aromatic heterocycles. The van der Waals surface area contributed by atoms with Crippen molar-refractivity contribution in [3.05, 3.63) is 0 Å². The van der Waals surface area contributed by atoms with Gasteiger partial charge >= 0.3 is 5.97 Å². The molecule has 174 valence electrons. The zero-order chi connectivity index (χ0) is 23.1. The van der Waals surface area contributed by atoms with Gasteiger partial charge in [0.25, 0.3) is 0 Å². The van der Waals surface area contributed by atoms with Crippen molar-refractivity contribution in [1.82, 2.24) is 20.9 Å². The molecule has 0 radical (unpaired) electrons. The molecule has 4 unspecified atom stereocenters. The van der Waals surface area contributed by atoms with Gasteiger partial charge in [-0.3, -0.25) is 19.2 Å². The lowest BCUT2D eigenvalue weighted by atomic mass is 10.0. The number of amides is 4. The fourth-order valence-corrected chi connectivity index (χ4v) is 3.99. The second-order valence-corrected chi connectivity index (χ2v) is 8.47. The van der Waals surface area contributed by atoms with Gasteiger partial charge < -0.3 is 31.7 Å². The molecule has 6 N–H and O–H groups in total. The third-order valence-corrected chi connectivity index (χ3v) is 5.74. The lowest BCUT2D eigenvalue weighted by molar-refractivity contribution is -0.149. The molecular formula is C20H33N5O6. The standard InChI is InChI=1S/C20H33N5O6/c1-11(2)16(24-17(27)12-5-3-9-22-12)18(28)23-13(7-8-15(21)26)19(29)25-10-4-6-14(25)20(30)31/h11-14,16,22H,3-10H2,1-2H3,(H2,21,26)(H,23,28)(H,24,27)(H,30,31). The van der Waals surface area contributed by atoms with Crippen LogP contribution in [0.4, 0.5) is 0 Å². The second kappa shape index (κ2) is 11.1. The summed E-state index contributed by atoms with van der Waals surface area (Å²) in [6.45, 7) is 4.54. The number of hydrogen-bond acceptors (Lipinski definition) is 6. The van der Waals surface area contributed by atoms with Gasteiger partial charge in [0.05, 0.1) is 6.04 Å². The van der Waals surface area contributed by atoms with Gasteiger partial charge in [-0.1, -0.05) is 13.8 Å². The minimum Gasteiger partial charge on any atom is -0.480 e. The van der Waals surface area contributed by atoms with Crippen LogP contribution >= 0.6 is 0 Å². The average Bonchev–Trinajstić information content (AvgIpc) is 3.39. The van der Waals surface area contributed by atoms with E-state index >= 15 is 0 Å². The van der Waals surface area contributed by atoms with E-state index in [9.17, 15) is 29.1 Å². The van der Waals surface area contributed by atoms with Crippen LogP contribution in [0.2, 0.25) is 0 Å². The molecule has 0 aliphatic carbocycles. The Balaban J connectivity index is 2.12. The molecule has 2 rings (SSSR count). The molecule has 2 fully saturated rings. The Morgan fingerprint density at radius 3 is 2.39 bits per heavy atom. The van der Waals surface area contributed by atoms with Crippen LogP contribution in [0.25, 0.3) is 0 Å². The van der Waals surface area contributed by atoms with Crippen molar-refractivity contribution in [3.63, 3.8) is 0 Å². The first kappa shape index (κ1) is 24.6. The van der Waals surface area contributed by atoms with Gasteiger partial charge in [-0.15, -0.1) is 0 Å². The van der Waals surface area contributed by atoms with Gasteiger partial charge in [0.1, 0.15) is 18.1 Å². The third-order valence-electron chi connectivity index (χ3n) is 5.74. The van der Waals surface area contributed by atoms with Crippen molar-refractivity contribution < 1.29 is 29.1 Å². The van der Waals surface area contributed by atoms with Crippen LogP contribution < -0.4 is 21.7 Å². The Hall–Kier alpha value is -2.69. The molecule has 31 heavy (non-hydrogen) atoms. The Kier molecular flexibility index (Phi) is 8.78. The third kappa shape index (κ3) is 6.65. The predicted octanol–water partition coefficient (Wildman–Crippen LogP) is -1.29. The van der Waals surface area contributed by atoms with Crippen molar-refractivity contribution in [2.45, 2.75) is 76.5 Å². The number of nitrogens with two attached hydrogens (primary N) is 1. The number of carbonyl (C=O) groups is 5. The van der Waals surface area contributed by atoms with E-state index in [1.165, 1.54) is 4.90 Å². The highest BCUT2D eigenvalue weighted by atomic mass is 16.4. The number of primary amides is 1. The number of carbonyl (C=O) groups excluding carboxylic acids is 4. The van der Waals surface area contributed by atoms with E-state index in [0.717, 1.165) is 13.0 Å². The summed E-state index contributed by atoms with van der Waals surface area (Å²) in [6.07, 6.45) is 2.23. The van der Waals surface area contributed by atoms with Crippen molar-refractivity contribution >= 4 is 29.6 Å². The highest BCUT2D eigenvalue weighted by Crippen LogP contribution is 2.20. The molecule has 11 heteroatoms. The normalized spacial score (nSPS) is 22.7. The number of nitrogens with one attached hydrogen (secondary N) is 3. The Morgan fingerprint density at radius 1 is 1.13 bits per heavy atom. The van der Waals surface area contributed by atoms with Crippen LogP contribution in [-0.2, 0) is 24.0 Å². The van der Waals surface area contributed by atoms with E-state index in [1.54, 1.807) is 13.8 Å². The van der Waals surface area contributed by atoms with Gasteiger partial charge in [0, 0.05) is 13.0 Å². The van der Waals surface area contributed by atoms with Crippen LogP contribution in [0.1, 0.15) is 52.4 Å². The summed E-state index contributed by atoms with van der Waals surface area (Å²) >= 11 is 0. The number of nitrogens with zero attached hydrogens (tertiary/aromatic N) is 1. The number of aliphatic carboxylic acids is 1. The maximum absolute atomic E-state index is 13.0. The fourth-order valence-electron chi connectivity index (χ4n) is 3.99. The number of carboxylic acids is 1. The van der Waals surface area contributed by atoms with Crippen LogP contribution in [0, 0.1) is 5.92 Å². The van der Waals surface area contributed by atoms with Crippen molar-refractivity contribution in [2.75, 3.05) is 13.1 Å². The van der Waals surface area contributed by atoms with Gasteiger partial charge in [-0.25, -0.2) is 4.79 Å². The van der Waals surface area contributed by atoms with Crippen molar-refractivity contribution in [3.8, 4) is 0 Å². The summed E-state index contributed by atoms with van der Waals surface area (Å²) in [6, 6.07) is -3.31. The Bertz CT molecular complexity index is 706. The topological polar surface area (TPSA) is 171 Å². The van der Waals surface area contributed by atoms with E-state index < -0.39 is 41.8 Å². The fraction of sp³-hybridized carbons (Fsp3) is 0.750. The molecule has 2 aliphatic rings. The minimum absolute atomic E-state index is 0.0499. The molecular weight excluding hydrogens is 406 g/mol. The molecule has 0 aromatic carbocycles. The first-order valence-corrected chi connectivity index (χ1v) is 10.8. The first-order chi connectivity index (χ1) is 14.6. The highest BCUT2D eigenvalue weighted by molar-refractivity contribution is 5.94. The number of rotatable bonds is 10. The summed E-state index contributed by atoms with van der Waals surface area (Å²) in [7, 11) is 0. The van der Waals surface area contributed by atoms with E-state index in [-0.39, 0.29) is 37.3 Å². The summed E-state index contributed by atoms with van der Waals surface area (Å²) in [5, 5.41) is 17.8. The lowest BCUT2D eigenvalue weighted by Crippen LogP contribution is -2.58. The Morgan fingerprint density at radius 2 is 1.84 bits per heavy atom. The molecule has 0 spiro atoms. The van der Waals surface area contributed by atoms with Gasteiger partial charge in [0.15, 0.2) is 0 Å². The van der Waals surface area contributed by atoms with Crippen LogP contribution in [0.3, 0.4) is 0 Å². The maximum atomic E-state index is 13.0. The van der Waals surface area contributed by atoms with Crippen LogP contribution in [0.15, 0.2) is 0 Å². The zero-order valence-electron chi connectivity index (χ0n) is 18.1. The van der Waals surface area contributed by atoms with Crippen LogP contribution in [0.5, 0.6) is 0 Å². The molecule has 0 bridgehead atoms. The average molecular weight is 440 g/mol. The minimum atomic E-state index is -1.11. The number of hydrogen-bond donors (Lipinski definition) is 5. The molecule has 2 aliphatic heterocycles. The largest absolute Gasteiger partial charge is 0.480 e. The summed E-state index contributed by atoms with van der Waals surface area (Å²) in [5.74, 6) is -3.40. The number of likely N-dealkylation sites (tertiary alicyclic amines) is 1. The lowest BCUT2D eigenvalue weighted by Gasteiger charge is -2.29. The van der Waals surface area contributed by atoms with E-state index in [1.807, 2.05) is 0 Å². The van der Waals surface area contributed by atoms with Crippen molar-refractivity contribution in [1.29, 1.82) is 0 Å². The zero-order valence-corrected chi connectivity index (χ0v) is 18.1. The first-order valence-electron chi connectivity index (χ1n) is 10.8. The SMILES string of the molecule is CC(C)C(NC(=O)C1CCCN1)C(=O)NC(CCC(N)=O)C(=O)N1CCCC1C(=O)O. The number of carboxylic acid groups (broad SMARTS) is 1. The summed E-state index contributed by atoms with van der Waals surface area (Å²) in [5.41, 5.74) is 5.21. The predicted molar refractivity (Wildman–Crippen MR) is 111 cm³/mol. The molecule has 4 atom stereocenters. The molecule has 0 saturated carbocycles. The smallest absolute Gasteiger partial charge is 0.326 e. The second-order valence-electron chi connectivity index (χ2n) is 8.47. The monoisotopic (exact) mass is 439 g/mol. The Labute approximate surface area is 181 Å². The molecule has 2 heterocycles. The van der Waals surface area contributed by atoms with E-state index in [0.29, 0.717) is 19.3 Å². The molecule has 4 amide bonds. The maximum Gasteiger partial charge on any atom is 0.326 e. The molecule has 2 saturated heterocycles. The summed E-state index contributed by atoms with van der Waals surface area (Å²) in [4.78, 5) is 62.4. The van der Waals surface area contributed by atoms with Gasteiger partial charge in [0.2, 0.25) is 23.6 Å². The molecule has 11 nitrogen and oxygen atoms in total. The van der Waals surface area contributed by atoms with E-state index in [4.69, 9.17) is 5.73 Å². The quantitative estimate of drug-likeness (QED) is 0.282.